The van der Waals surface area contributed by atoms with Crippen LogP contribution >= 0.6 is 0 Å². The second kappa shape index (κ2) is 2.73. The molecule has 0 bridgehead atoms. The molecule has 1 aromatic heterocycles. The van der Waals surface area contributed by atoms with Crippen LogP contribution in [0.3, 0.4) is 0 Å². The molecule has 0 amide bonds. The van der Waals surface area contributed by atoms with Crippen molar-refractivity contribution in [1.29, 1.82) is 0 Å². The van der Waals surface area contributed by atoms with Crippen molar-refractivity contribution >= 4 is 10.9 Å². The van der Waals surface area contributed by atoms with Gasteiger partial charge in [0, 0.05) is 17.1 Å². The highest BCUT2D eigenvalue weighted by atomic mass is 16.3. The van der Waals surface area contributed by atoms with Gasteiger partial charge in [0.05, 0.1) is 5.52 Å². The van der Waals surface area contributed by atoms with Gasteiger partial charge in [-0.05, 0) is 31.5 Å². The highest BCUT2D eigenvalue weighted by Gasteiger charge is 2.00. The Morgan fingerprint density at radius 1 is 1.15 bits per heavy atom. The van der Waals surface area contributed by atoms with Crippen LogP contribution in [0.4, 0.5) is 0 Å². The summed E-state index contributed by atoms with van der Waals surface area (Å²) in [5.41, 5.74) is 2.71. The fourth-order valence-corrected chi connectivity index (χ4v) is 1.38. The molecule has 1 aromatic carbocycles. The average molecular weight is 173 g/mol. The lowest BCUT2D eigenvalue weighted by molar-refractivity contribution is 0.472. The van der Waals surface area contributed by atoms with E-state index in [2.05, 4.69) is 4.98 Å². The van der Waals surface area contributed by atoms with E-state index in [9.17, 15) is 5.11 Å². The number of aromatic hydroxyl groups is 1. The Bertz CT molecular complexity index is 463. The number of fused-ring (bicyclic) bond motifs is 1. The van der Waals surface area contributed by atoms with Gasteiger partial charge in [0.15, 0.2) is 0 Å². The molecule has 2 heteroatoms. The van der Waals surface area contributed by atoms with E-state index in [-0.39, 0.29) is 0 Å². The standard InChI is InChI=1S/C11H11NO/c1-7-5-9-4-3-8(2)12-10(9)6-11(7)13/h3-6,13H,1-2H3. The maximum absolute atomic E-state index is 9.47. The van der Waals surface area contributed by atoms with Crippen molar-refractivity contribution in [3.63, 3.8) is 0 Å². The Balaban J connectivity index is 2.81. The molecule has 0 radical (unpaired) electrons. The number of rotatable bonds is 0. The van der Waals surface area contributed by atoms with Crippen LogP contribution in [0.15, 0.2) is 24.3 Å². The highest BCUT2D eigenvalue weighted by Crippen LogP contribution is 2.22. The van der Waals surface area contributed by atoms with Gasteiger partial charge in [-0.3, -0.25) is 4.98 Å². The molecule has 0 aliphatic rings. The molecule has 0 fully saturated rings. The molecule has 2 rings (SSSR count). The maximum Gasteiger partial charge on any atom is 0.120 e. The number of benzene rings is 1. The maximum atomic E-state index is 9.47. The molecule has 2 aromatic rings. The van der Waals surface area contributed by atoms with Gasteiger partial charge < -0.3 is 5.11 Å². The fourth-order valence-electron chi connectivity index (χ4n) is 1.38. The molecule has 0 atom stereocenters. The Morgan fingerprint density at radius 3 is 2.69 bits per heavy atom. The number of nitrogens with zero attached hydrogens (tertiary/aromatic N) is 1. The van der Waals surface area contributed by atoms with Gasteiger partial charge in [-0.15, -0.1) is 0 Å². The van der Waals surface area contributed by atoms with Crippen LogP contribution in [-0.2, 0) is 0 Å². The summed E-state index contributed by atoms with van der Waals surface area (Å²) < 4.78 is 0. The topological polar surface area (TPSA) is 33.1 Å². The normalized spacial score (nSPS) is 10.6. The Morgan fingerprint density at radius 2 is 1.92 bits per heavy atom. The number of aromatic nitrogens is 1. The fraction of sp³-hybridized carbons (Fsp3) is 0.182. The molecule has 0 saturated heterocycles. The molecule has 66 valence electrons. The number of hydrogen-bond acceptors (Lipinski definition) is 2. The third kappa shape index (κ3) is 1.35. The highest BCUT2D eigenvalue weighted by molar-refractivity contribution is 5.81. The smallest absolute Gasteiger partial charge is 0.120 e. The summed E-state index contributed by atoms with van der Waals surface area (Å²) in [5.74, 6) is 0.311. The van der Waals surface area contributed by atoms with Gasteiger partial charge in [-0.25, -0.2) is 0 Å². The minimum Gasteiger partial charge on any atom is -0.508 e. The third-order valence-corrected chi connectivity index (χ3v) is 2.15. The minimum atomic E-state index is 0.311. The average Bonchev–Trinajstić information content (AvgIpc) is 2.08. The molecule has 13 heavy (non-hydrogen) atoms. The van der Waals surface area contributed by atoms with Gasteiger partial charge in [-0.2, -0.15) is 0 Å². The van der Waals surface area contributed by atoms with E-state index >= 15 is 0 Å². The Kier molecular flexibility index (Phi) is 1.69. The second-order valence-electron chi connectivity index (χ2n) is 3.28. The van der Waals surface area contributed by atoms with Gasteiger partial charge in [0.2, 0.25) is 0 Å². The Hall–Kier alpha value is -1.57. The molecule has 1 N–H and O–H groups in total. The Labute approximate surface area is 76.9 Å². The van der Waals surface area contributed by atoms with Crippen LogP contribution in [0.25, 0.3) is 10.9 Å². The van der Waals surface area contributed by atoms with Crippen molar-refractivity contribution in [1.82, 2.24) is 4.98 Å². The molecule has 0 aliphatic carbocycles. The van der Waals surface area contributed by atoms with Gasteiger partial charge in [0.1, 0.15) is 5.75 Å². The summed E-state index contributed by atoms with van der Waals surface area (Å²) in [6.45, 7) is 3.82. The summed E-state index contributed by atoms with van der Waals surface area (Å²) in [4.78, 5) is 4.32. The summed E-state index contributed by atoms with van der Waals surface area (Å²) in [7, 11) is 0. The molecule has 0 unspecified atom stereocenters. The predicted molar refractivity (Wildman–Crippen MR) is 52.9 cm³/mol. The molecular weight excluding hydrogens is 162 g/mol. The molecule has 0 aliphatic heterocycles. The first-order chi connectivity index (χ1) is 6.16. The van der Waals surface area contributed by atoms with Gasteiger partial charge in [-0.1, -0.05) is 6.07 Å². The van der Waals surface area contributed by atoms with E-state index in [1.165, 1.54) is 0 Å². The zero-order chi connectivity index (χ0) is 9.42. The second-order valence-corrected chi connectivity index (χ2v) is 3.28. The number of phenolic OH excluding ortho intramolecular Hbond substituents is 1. The van der Waals surface area contributed by atoms with E-state index in [0.29, 0.717) is 5.75 Å². The van der Waals surface area contributed by atoms with Gasteiger partial charge in [0.25, 0.3) is 0 Å². The van der Waals surface area contributed by atoms with Crippen LogP contribution in [-0.4, -0.2) is 10.1 Å². The number of phenols is 1. The quantitative estimate of drug-likeness (QED) is 0.664. The first-order valence-electron chi connectivity index (χ1n) is 4.24. The molecule has 2 nitrogen and oxygen atoms in total. The van der Waals surface area contributed by atoms with Crippen molar-refractivity contribution in [3.05, 3.63) is 35.5 Å². The zero-order valence-electron chi connectivity index (χ0n) is 7.70. The first kappa shape index (κ1) is 8.05. The zero-order valence-corrected chi connectivity index (χ0v) is 7.70. The SMILES string of the molecule is Cc1ccc2cc(C)c(O)cc2n1. The molecular formula is C11H11NO. The summed E-state index contributed by atoms with van der Waals surface area (Å²) in [6.07, 6.45) is 0. The molecule has 0 saturated carbocycles. The number of pyridine rings is 1. The van der Waals surface area contributed by atoms with E-state index < -0.39 is 0 Å². The predicted octanol–water partition coefficient (Wildman–Crippen LogP) is 2.56. The third-order valence-electron chi connectivity index (χ3n) is 2.15. The van der Waals surface area contributed by atoms with Crippen molar-refractivity contribution < 1.29 is 5.11 Å². The van der Waals surface area contributed by atoms with Crippen LogP contribution in [0, 0.1) is 13.8 Å². The van der Waals surface area contributed by atoms with Crippen LogP contribution < -0.4 is 0 Å². The van der Waals surface area contributed by atoms with E-state index in [1.807, 2.05) is 32.0 Å². The van der Waals surface area contributed by atoms with Crippen molar-refractivity contribution in [2.24, 2.45) is 0 Å². The van der Waals surface area contributed by atoms with Crippen molar-refractivity contribution in [3.8, 4) is 5.75 Å². The van der Waals surface area contributed by atoms with E-state index in [4.69, 9.17) is 0 Å². The molecule has 1 heterocycles. The lowest BCUT2D eigenvalue weighted by atomic mass is 10.1. The summed E-state index contributed by atoms with van der Waals surface area (Å²) >= 11 is 0. The van der Waals surface area contributed by atoms with Crippen LogP contribution in [0.2, 0.25) is 0 Å². The largest absolute Gasteiger partial charge is 0.508 e. The van der Waals surface area contributed by atoms with E-state index in [0.717, 1.165) is 22.2 Å². The number of hydrogen-bond donors (Lipinski definition) is 1. The van der Waals surface area contributed by atoms with Crippen LogP contribution in [0.1, 0.15) is 11.3 Å². The first-order valence-corrected chi connectivity index (χ1v) is 4.24. The van der Waals surface area contributed by atoms with Crippen LogP contribution in [0.5, 0.6) is 5.75 Å². The lowest BCUT2D eigenvalue weighted by Gasteiger charge is -2.02. The minimum absolute atomic E-state index is 0.311. The molecule has 0 spiro atoms. The summed E-state index contributed by atoms with van der Waals surface area (Å²) in [6, 6.07) is 7.64. The monoisotopic (exact) mass is 173 g/mol. The van der Waals surface area contributed by atoms with Gasteiger partial charge >= 0.3 is 0 Å². The number of aryl methyl sites for hydroxylation is 2. The summed E-state index contributed by atoms with van der Waals surface area (Å²) in [5, 5.41) is 10.5. The van der Waals surface area contributed by atoms with E-state index in [1.54, 1.807) is 6.07 Å². The van der Waals surface area contributed by atoms with Crippen molar-refractivity contribution in [2.75, 3.05) is 0 Å². The lowest BCUT2D eigenvalue weighted by Crippen LogP contribution is -1.84. The van der Waals surface area contributed by atoms with Crippen molar-refractivity contribution in [2.45, 2.75) is 13.8 Å².